The molecule has 1 atom stereocenters. The predicted molar refractivity (Wildman–Crippen MR) is 63.6 cm³/mol. The topological polar surface area (TPSA) is 9.23 Å². The Labute approximate surface area is 92.8 Å². The molecule has 1 heteroatoms. The van der Waals surface area contributed by atoms with Crippen molar-refractivity contribution in [1.29, 1.82) is 0 Å². The number of hydrogen-bond donors (Lipinski definition) is 0. The van der Waals surface area contributed by atoms with E-state index in [0.717, 1.165) is 6.42 Å². The molecule has 1 aromatic carbocycles. The minimum Gasteiger partial charge on any atom is -0.377 e. The summed E-state index contributed by atoms with van der Waals surface area (Å²) in [4.78, 5) is 0. The normalized spacial score (nSPS) is 13.5. The van der Waals surface area contributed by atoms with E-state index in [9.17, 15) is 0 Å². The van der Waals surface area contributed by atoms with Gasteiger partial charge in [-0.3, -0.25) is 0 Å². The van der Waals surface area contributed by atoms with E-state index in [2.05, 4.69) is 38.1 Å². The minimum atomic E-state index is -0.0160. The van der Waals surface area contributed by atoms with E-state index in [1.54, 1.807) is 13.2 Å². The lowest BCUT2D eigenvalue weighted by molar-refractivity contribution is 0.0428. The van der Waals surface area contributed by atoms with Gasteiger partial charge in [-0.2, -0.15) is 0 Å². The summed E-state index contributed by atoms with van der Waals surface area (Å²) in [6.07, 6.45) is 2.57. The maximum absolute atomic E-state index is 5.57. The molecule has 0 aromatic heterocycles. The molecule has 15 heavy (non-hydrogen) atoms. The molecule has 0 saturated carbocycles. The number of methoxy groups -OCH3 is 1. The molecule has 0 amide bonds. The number of benzene rings is 1. The smallest absolute Gasteiger partial charge is 0.0809 e. The third kappa shape index (κ3) is 3.21. The fraction of sp³-hybridized carbons (Fsp3) is 0.429. The Hall–Kier alpha value is -1.08. The van der Waals surface area contributed by atoms with E-state index in [0.29, 0.717) is 0 Å². The minimum absolute atomic E-state index is 0.0160. The molecule has 0 saturated heterocycles. The van der Waals surface area contributed by atoms with Crippen molar-refractivity contribution in [2.75, 3.05) is 7.11 Å². The summed E-state index contributed by atoms with van der Waals surface area (Å²) in [7, 11) is 1.70. The molecule has 1 rings (SSSR count). The molecule has 0 aliphatic rings. The summed E-state index contributed by atoms with van der Waals surface area (Å²) in [5.41, 5.74) is 1.33. The zero-order chi connectivity index (χ0) is 11.3. The van der Waals surface area contributed by atoms with Crippen molar-refractivity contribution in [3.63, 3.8) is 0 Å². The van der Waals surface area contributed by atoms with Crippen LogP contribution in [0, 0.1) is 12.0 Å². The first-order chi connectivity index (χ1) is 7.10. The van der Waals surface area contributed by atoms with Crippen LogP contribution in [0.25, 0.3) is 0 Å². The van der Waals surface area contributed by atoms with Crippen LogP contribution in [0.3, 0.4) is 0 Å². The Bertz CT molecular complexity index is 300. The number of ether oxygens (including phenoxy) is 1. The molecule has 0 spiro atoms. The van der Waals surface area contributed by atoms with Gasteiger partial charge in [-0.25, -0.2) is 0 Å². The molecule has 1 radical (unpaired) electrons. The maximum atomic E-state index is 5.57. The first-order valence-electron chi connectivity index (χ1n) is 5.22. The highest BCUT2D eigenvalue weighted by atomic mass is 16.5. The predicted octanol–water partition coefficient (Wildman–Crippen LogP) is 3.26. The Kier molecular flexibility index (Phi) is 4.10. The van der Waals surface area contributed by atoms with Crippen molar-refractivity contribution >= 4 is 0 Å². The van der Waals surface area contributed by atoms with Gasteiger partial charge < -0.3 is 4.74 Å². The SMILES string of the molecule is [CH]=CC(OC)C(C)(C)Cc1ccccc1. The van der Waals surface area contributed by atoms with E-state index in [1.165, 1.54) is 5.56 Å². The van der Waals surface area contributed by atoms with Crippen LogP contribution in [0.2, 0.25) is 0 Å². The molecule has 1 unspecified atom stereocenters. The molecular weight excluding hydrogens is 184 g/mol. The van der Waals surface area contributed by atoms with Crippen LogP contribution in [0.4, 0.5) is 0 Å². The van der Waals surface area contributed by atoms with Crippen LogP contribution >= 0.6 is 0 Å². The molecule has 0 aliphatic heterocycles. The summed E-state index contributed by atoms with van der Waals surface area (Å²) in [6.45, 7) is 9.90. The Morgan fingerprint density at radius 3 is 2.40 bits per heavy atom. The van der Waals surface area contributed by atoms with Crippen molar-refractivity contribution in [2.45, 2.75) is 26.4 Å². The molecule has 0 bridgehead atoms. The third-order valence-corrected chi connectivity index (χ3v) is 2.70. The van der Waals surface area contributed by atoms with Gasteiger partial charge in [0.25, 0.3) is 0 Å². The van der Waals surface area contributed by atoms with Crippen molar-refractivity contribution < 1.29 is 4.74 Å². The fourth-order valence-corrected chi connectivity index (χ4v) is 1.88. The molecule has 1 nitrogen and oxygen atoms in total. The highest BCUT2D eigenvalue weighted by molar-refractivity contribution is 5.17. The van der Waals surface area contributed by atoms with Gasteiger partial charge in [0.15, 0.2) is 0 Å². The van der Waals surface area contributed by atoms with Gasteiger partial charge >= 0.3 is 0 Å². The second-order valence-corrected chi connectivity index (χ2v) is 4.50. The van der Waals surface area contributed by atoms with Crippen molar-refractivity contribution in [2.24, 2.45) is 5.41 Å². The highest BCUT2D eigenvalue weighted by Crippen LogP contribution is 2.28. The van der Waals surface area contributed by atoms with Crippen LogP contribution in [0.5, 0.6) is 0 Å². The average Bonchev–Trinajstić information content (AvgIpc) is 2.19. The summed E-state index contributed by atoms with van der Waals surface area (Å²) in [6, 6.07) is 10.4. The summed E-state index contributed by atoms with van der Waals surface area (Å²) >= 11 is 0. The quantitative estimate of drug-likeness (QED) is 0.713. The van der Waals surface area contributed by atoms with Crippen molar-refractivity contribution in [3.05, 3.63) is 48.6 Å². The largest absolute Gasteiger partial charge is 0.377 e. The first kappa shape index (κ1) is 12.0. The molecule has 0 heterocycles. The molecule has 0 aliphatic carbocycles. The van der Waals surface area contributed by atoms with Crippen molar-refractivity contribution in [1.82, 2.24) is 0 Å². The first-order valence-corrected chi connectivity index (χ1v) is 5.22. The average molecular weight is 203 g/mol. The lowest BCUT2D eigenvalue weighted by Gasteiger charge is -2.31. The number of rotatable bonds is 5. The zero-order valence-electron chi connectivity index (χ0n) is 9.73. The van der Waals surface area contributed by atoms with Crippen LogP contribution in [0.1, 0.15) is 19.4 Å². The Morgan fingerprint density at radius 2 is 1.93 bits per heavy atom. The molecule has 0 fully saturated rings. The van der Waals surface area contributed by atoms with Gasteiger partial charge in [0.05, 0.1) is 6.10 Å². The van der Waals surface area contributed by atoms with E-state index < -0.39 is 0 Å². The zero-order valence-corrected chi connectivity index (χ0v) is 9.73. The molecule has 81 valence electrons. The second kappa shape index (κ2) is 5.13. The molecular formula is C14H19O. The van der Waals surface area contributed by atoms with E-state index in [-0.39, 0.29) is 11.5 Å². The van der Waals surface area contributed by atoms with Crippen LogP contribution in [-0.4, -0.2) is 13.2 Å². The van der Waals surface area contributed by atoms with Gasteiger partial charge in [0.2, 0.25) is 0 Å². The van der Waals surface area contributed by atoms with Gasteiger partial charge in [0.1, 0.15) is 0 Å². The lowest BCUT2D eigenvalue weighted by Crippen LogP contribution is -2.31. The van der Waals surface area contributed by atoms with Crippen LogP contribution in [-0.2, 0) is 11.2 Å². The Balaban J connectivity index is 2.75. The van der Waals surface area contributed by atoms with Gasteiger partial charge in [0, 0.05) is 7.11 Å². The Morgan fingerprint density at radius 1 is 1.33 bits per heavy atom. The van der Waals surface area contributed by atoms with E-state index >= 15 is 0 Å². The summed E-state index contributed by atoms with van der Waals surface area (Å²) < 4.78 is 5.36. The van der Waals surface area contributed by atoms with E-state index in [4.69, 9.17) is 11.3 Å². The van der Waals surface area contributed by atoms with Crippen LogP contribution < -0.4 is 0 Å². The summed E-state index contributed by atoms with van der Waals surface area (Å²) in [5, 5.41) is 0. The molecule has 0 N–H and O–H groups in total. The monoisotopic (exact) mass is 203 g/mol. The van der Waals surface area contributed by atoms with Crippen LogP contribution in [0.15, 0.2) is 36.4 Å². The van der Waals surface area contributed by atoms with Gasteiger partial charge in [-0.1, -0.05) is 56.8 Å². The number of hydrogen-bond acceptors (Lipinski definition) is 1. The van der Waals surface area contributed by atoms with Crippen molar-refractivity contribution in [3.8, 4) is 0 Å². The van der Waals surface area contributed by atoms with E-state index in [1.807, 2.05) is 6.07 Å². The second-order valence-electron chi connectivity index (χ2n) is 4.50. The maximum Gasteiger partial charge on any atom is 0.0809 e. The third-order valence-electron chi connectivity index (χ3n) is 2.70. The van der Waals surface area contributed by atoms with Gasteiger partial charge in [-0.15, -0.1) is 0 Å². The standard InChI is InChI=1S/C14H19O/c1-5-13(15-4)14(2,3)11-12-9-7-6-8-10-12/h1,5-10,13H,11H2,2-4H3. The highest BCUT2D eigenvalue weighted by Gasteiger charge is 2.27. The fourth-order valence-electron chi connectivity index (χ4n) is 1.88. The lowest BCUT2D eigenvalue weighted by atomic mass is 9.80. The summed E-state index contributed by atoms with van der Waals surface area (Å²) in [5.74, 6) is 0. The van der Waals surface area contributed by atoms with Gasteiger partial charge in [-0.05, 0) is 17.4 Å². The molecule has 1 aromatic rings.